The van der Waals surface area contributed by atoms with E-state index in [2.05, 4.69) is 10.6 Å². The predicted octanol–water partition coefficient (Wildman–Crippen LogP) is 4.24. The molecule has 0 radical (unpaired) electrons. The maximum Gasteiger partial charge on any atom is 0.228 e. The van der Waals surface area contributed by atoms with E-state index in [1.165, 1.54) is 6.92 Å². The zero-order valence-corrected chi connectivity index (χ0v) is 12.9. The molecule has 8 heteroatoms. The molecule has 18 heavy (non-hydrogen) atoms. The van der Waals surface area contributed by atoms with Crippen LogP contribution >= 0.6 is 58.0 Å². The quantitative estimate of drug-likeness (QED) is 0.632. The lowest BCUT2D eigenvalue weighted by Gasteiger charge is -2.27. The maximum absolute atomic E-state index is 11.1. The SMILES string of the molecule is CC(=O)N[C@H](Nc1cccc(Cl)c1Cl)C(Cl)(Cl)Cl. The fourth-order valence-electron chi connectivity index (χ4n) is 1.17. The summed E-state index contributed by atoms with van der Waals surface area (Å²) >= 11 is 29.1. The number of carbonyl (C=O) groups excluding carboxylic acids is 1. The Morgan fingerprint density at radius 1 is 1.28 bits per heavy atom. The molecular weight excluding hydrogens is 341 g/mol. The molecule has 100 valence electrons. The zero-order chi connectivity index (χ0) is 13.9. The van der Waals surface area contributed by atoms with Gasteiger partial charge in [0.25, 0.3) is 0 Å². The predicted molar refractivity (Wildman–Crippen MR) is 78.0 cm³/mol. The van der Waals surface area contributed by atoms with Gasteiger partial charge in [-0.3, -0.25) is 4.79 Å². The second kappa shape index (κ2) is 6.40. The Hall–Kier alpha value is -0.0600. The summed E-state index contributed by atoms with van der Waals surface area (Å²) in [6.45, 7) is 1.31. The van der Waals surface area contributed by atoms with Gasteiger partial charge in [-0.15, -0.1) is 0 Å². The number of nitrogens with one attached hydrogen (secondary N) is 2. The Bertz CT molecular complexity index is 446. The van der Waals surface area contributed by atoms with E-state index >= 15 is 0 Å². The molecule has 2 N–H and O–H groups in total. The summed E-state index contributed by atoms with van der Waals surface area (Å²) in [5.41, 5.74) is 0.453. The molecule has 0 unspecified atom stereocenters. The molecule has 0 saturated heterocycles. The number of hydrogen-bond donors (Lipinski definition) is 2. The highest BCUT2D eigenvalue weighted by atomic mass is 35.6. The van der Waals surface area contributed by atoms with E-state index in [4.69, 9.17) is 58.0 Å². The van der Waals surface area contributed by atoms with Crippen molar-refractivity contribution in [2.75, 3.05) is 5.32 Å². The number of alkyl halides is 3. The highest BCUT2D eigenvalue weighted by Gasteiger charge is 2.33. The summed E-state index contributed by atoms with van der Waals surface area (Å²) in [7, 11) is 0. The third-order valence-electron chi connectivity index (χ3n) is 1.93. The first-order valence-corrected chi connectivity index (χ1v) is 6.65. The lowest BCUT2D eigenvalue weighted by molar-refractivity contribution is -0.119. The average molecular weight is 350 g/mol. The Morgan fingerprint density at radius 2 is 1.89 bits per heavy atom. The minimum Gasteiger partial charge on any atom is -0.361 e. The van der Waals surface area contributed by atoms with Crippen molar-refractivity contribution >= 4 is 69.6 Å². The first-order valence-electron chi connectivity index (χ1n) is 4.76. The molecule has 1 atom stereocenters. The van der Waals surface area contributed by atoms with E-state index in [1.54, 1.807) is 18.2 Å². The van der Waals surface area contributed by atoms with Gasteiger partial charge in [-0.2, -0.15) is 0 Å². The summed E-state index contributed by atoms with van der Waals surface area (Å²) in [6, 6.07) is 4.96. The second-order valence-corrected chi connectivity index (χ2v) is 6.57. The van der Waals surface area contributed by atoms with Crippen LogP contribution in [0.4, 0.5) is 5.69 Å². The van der Waals surface area contributed by atoms with E-state index in [9.17, 15) is 4.79 Å². The topological polar surface area (TPSA) is 41.1 Å². The van der Waals surface area contributed by atoms with Crippen molar-refractivity contribution in [3.05, 3.63) is 28.2 Å². The van der Waals surface area contributed by atoms with E-state index < -0.39 is 9.96 Å². The molecule has 1 amide bonds. The van der Waals surface area contributed by atoms with Gasteiger partial charge in [0, 0.05) is 6.92 Å². The summed E-state index contributed by atoms with van der Waals surface area (Å²) in [5.74, 6) is -0.350. The summed E-state index contributed by atoms with van der Waals surface area (Å²) in [6.07, 6.45) is -0.934. The normalized spacial score (nSPS) is 13.0. The fourth-order valence-corrected chi connectivity index (χ4v) is 1.86. The summed E-state index contributed by atoms with van der Waals surface area (Å²) < 4.78 is -1.74. The van der Waals surface area contributed by atoms with Crippen molar-refractivity contribution < 1.29 is 4.79 Å². The van der Waals surface area contributed by atoms with Crippen molar-refractivity contribution in [3.8, 4) is 0 Å². The number of rotatable bonds is 3. The molecule has 0 saturated carbocycles. The third kappa shape index (κ3) is 4.56. The van der Waals surface area contributed by atoms with Crippen LogP contribution < -0.4 is 10.6 Å². The van der Waals surface area contributed by atoms with Gasteiger partial charge in [0.05, 0.1) is 15.7 Å². The van der Waals surface area contributed by atoms with E-state index in [0.717, 1.165) is 0 Å². The lowest BCUT2D eigenvalue weighted by Crippen LogP contribution is -2.48. The average Bonchev–Trinajstić information content (AvgIpc) is 2.21. The lowest BCUT2D eigenvalue weighted by atomic mass is 10.3. The Kier molecular flexibility index (Phi) is 5.68. The molecular formula is C10H9Cl5N2O. The second-order valence-electron chi connectivity index (χ2n) is 3.42. The van der Waals surface area contributed by atoms with Crippen molar-refractivity contribution in [2.24, 2.45) is 0 Å². The molecule has 1 aromatic rings. The molecule has 0 fully saturated rings. The van der Waals surface area contributed by atoms with E-state index in [1.807, 2.05) is 0 Å². The minimum absolute atomic E-state index is 0.281. The number of benzene rings is 1. The molecule has 0 spiro atoms. The third-order valence-corrected chi connectivity index (χ3v) is 3.40. The number of hydrogen-bond acceptors (Lipinski definition) is 2. The van der Waals surface area contributed by atoms with Crippen LogP contribution in [0, 0.1) is 0 Å². The van der Waals surface area contributed by atoms with Crippen molar-refractivity contribution in [1.82, 2.24) is 5.32 Å². The minimum atomic E-state index is -1.74. The van der Waals surface area contributed by atoms with Crippen LogP contribution in [0.5, 0.6) is 0 Å². The summed E-state index contributed by atoms with van der Waals surface area (Å²) in [5, 5.41) is 5.92. The number of halogens is 5. The van der Waals surface area contributed by atoms with Crippen LogP contribution in [0.2, 0.25) is 10.0 Å². The first-order chi connectivity index (χ1) is 8.21. The molecule has 0 aliphatic heterocycles. The van der Waals surface area contributed by atoms with E-state index in [-0.39, 0.29) is 10.9 Å². The van der Waals surface area contributed by atoms with Gasteiger partial charge in [-0.1, -0.05) is 64.1 Å². The molecule has 0 heterocycles. The van der Waals surface area contributed by atoms with Gasteiger partial charge < -0.3 is 10.6 Å². The van der Waals surface area contributed by atoms with Crippen LogP contribution in [0.1, 0.15) is 6.92 Å². The van der Waals surface area contributed by atoms with Crippen molar-refractivity contribution in [3.63, 3.8) is 0 Å². The monoisotopic (exact) mass is 348 g/mol. The van der Waals surface area contributed by atoms with Gasteiger partial charge in [-0.25, -0.2) is 0 Å². The van der Waals surface area contributed by atoms with Crippen LogP contribution in [-0.4, -0.2) is 15.9 Å². The standard InChI is InChI=1S/C10H9Cl5N2O/c1-5(18)16-9(10(13,14)15)17-7-4-2-3-6(11)8(7)12/h2-4,9,17H,1H3,(H,16,18)/t9-/m1/s1. The molecule has 0 aliphatic carbocycles. The molecule has 0 aromatic heterocycles. The van der Waals surface area contributed by atoms with Crippen LogP contribution in [-0.2, 0) is 4.79 Å². The van der Waals surface area contributed by atoms with Crippen LogP contribution in [0.15, 0.2) is 18.2 Å². The largest absolute Gasteiger partial charge is 0.361 e. The van der Waals surface area contributed by atoms with Crippen LogP contribution in [0.25, 0.3) is 0 Å². The van der Waals surface area contributed by atoms with Crippen molar-refractivity contribution in [1.29, 1.82) is 0 Å². The number of amides is 1. The van der Waals surface area contributed by atoms with Crippen molar-refractivity contribution in [2.45, 2.75) is 16.9 Å². The molecule has 3 nitrogen and oxygen atoms in total. The Balaban J connectivity index is 2.96. The smallest absolute Gasteiger partial charge is 0.228 e. The van der Waals surface area contributed by atoms with Gasteiger partial charge >= 0.3 is 0 Å². The highest BCUT2D eigenvalue weighted by Crippen LogP contribution is 2.34. The first kappa shape index (κ1) is 16.0. The Labute approximate surface area is 130 Å². The highest BCUT2D eigenvalue weighted by molar-refractivity contribution is 6.68. The van der Waals surface area contributed by atoms with Gasteiger partial charge in [-0.05, 0) is 12.1 Å². The number of anilines is 1. The van der Waals surface area contributed by atoms with Gasteiger partial charge in [0.15, 0.2) is 0 Å². The maximum atomic E-state index is 11.1. The van der Waals surface area contributed by atoms with E-state index in [0.29, 0.717) is 10.7 Å². The molecule has 1 rings (SSSR count). The zero-order valence-electron chi connectivity index (χ0n) is 9.11. The molecule has 1 aromatic carbocycles. The summed E-state index contributed by atoms with van der Waals surface area (Å²) in [4.78, 5) is 11.1. The van der Waals surface area contributed by atoms with Crippen LogP contribution in [0.3, 0.4) is 0 Å². The molecule has 0 bridgehead atoms. The Morgan fingerprint density at radius 3 is 2.39 bits per heavy atom. The van der Waals surface area contributed by atoms with Gasteiger partial charge in [0.1, 0.15) is 6.17 Å². The fraction of sp³-hybridized carbons (Fsp3) is 0.300. The van der Waals surface area contributed by atoms with Gasteiger partial charge in [0.2, 0.25) is 9.70 Å². The number of carbonyl (C=O) groups is 1. The molecule has 0 aliphatic rings.